The van der Waals surface area contributed by atoms with Crippen molar-refractivity contribution in [2.24, 2.45) is 0 Å². The lowest BCUT2D eigenvalue weighted by molar-refractivity contribution is 0.0463. The Morgan fingerprint density at radius 3 is 2.57 bits per heavy atom. The quantitative estimate of drug-likeness (QED) is 0.689. The van der Waals surface area contributed by atoms with Crippen LogP contribution in [-0.2, 0) is 11.3 Å². The molecular formula is C17H13FN2O3. The molecule has 0 aliphatic heterocycles. The van der Waals surface area contributed by atoms with Gasteiger partial charge in [0.15, 0.2) is 5.76 Å². The topological polar surface area (TPSA) is 65.2 Å². The molecular weight excluding hydrogens is 299 g/mol. The predicted octanol–water partition coefficient (Wildman–Crippen LogP) is 3.54. The molecule has 0 bridgehead atoms. The van der Waals surface area contributed by atoms with Gasteiger partial charge in [0.1, 0.15) is 18.1 Å². The van der Waals surface area contributed by atoms with Crippen molar-refractivity contribution < 1.29 is 18.4 Å². The number of benzene rings is 1. The van der Waals surface area contributed by atoms with E-state index < -0.39 is 5.97 Å². The predicted molar refractivity (Wildman–Crippen MR) is 80.0 cm³/mol. The Bertz CT molecular complexity index is 814. The molecule has 0 aliphatic rings. The summed E-state index contributed by atoms with van der Waals surface area (Å²) in [5.41, 5.74) is 2.40. The molecule has 0 amide bonds. The summed E-state index contributed by atoms with van der Waals surface area (Å²) < 4.78 is 23.5. The molecule has 0 aliphatic carbocycles. The van der Waals surface area contributed by atoms with E-state index in [0.29, 0.717) is 22.6 Å². The molecule has 0 atom stereocenters. The van der Waals surface area contributed by atoms with E-state index in [9.17, 15) is 9.18 Å². The van der Waals surface area contributed by atoms with Crippen LogP contribution >= 0.6 is 0 Å². The Morgan fingerprint density at radius 2 is 1.87 bits per heavy atom. The summed E-state index contributed by atoms with van der Waals surface area (Å²) >= 11 is 0. The molecule has 23 heavy (non-hydrogen) atoms. The number of rotatable bonds is 4. The number of carbonyl (C=O) groups is 1. The minimum absolute atomic E-state index is 0.00230. The monoisotopic (exact) mass is 312 g/mol. The van der Waals surface area contributed by atoms with E-state index in [2.05, 4.69) is 10.1 Å². The van der Waals surface area contributed by atoms with E-state index in [1.165, 1.54) is 24.5 Å². The van der Waals surface area contributed by atoms with Gasteiger partial charge in [-0.2, -0.15) is 0 Å². The smallest absolute Gasteiger partial charge is 0.338 e. The van der Waals surface area contributed by atoms with Crippen LogP contribution in [-0.4, -0.2) is 16.1 Å². The average Bonchev–Trinajstić information content (AvgIpc) is 2.95. The first-order chi connectivity index (χ1) is 11.1. The van der Waals surface area contributed by atoms with Crippen molar-refractivity contribution >= 4 is 5.97 Å². The van der Waals surface area contributed by atoms with Gasteiger partial charge < -0.3 is 9.26 Å². The highest BCUT2D eigenvalue weighted by molar-refractivity contribution is 5.89. The van der Waals surface area contributed by atoms with Crippen molar-refractivity contribution in [3.05, 3.63) is 71.4 Å². The molecule has 0 fully saturated rings. The summed E-state index contributed by atoms with van der Waals surface area (Å²) in [7, 11) is 0. The second kappa shape index (κ2) is 6.39. The van der Waals surface area contributed by atoms with E-state index in [0.717, 1.165) is 5.56 Å². The second-order valence-corrected chi connectivity index (χ2v) is 4.90. The summed E-state index contributed by atoms with van der Waals surface area (Å²) in [6.07, 6.45) is 3.04. The van der Waals surface area contributed by atoms with Gasteiger partial charge >= 0.3 is 5.97 Å². The lowest BCUT2D eigenvalue weighted by atomic mass is 10.1. The number of aromatic nitrogens is 2. The lowest BCUT2D eigenvalue weighted by Gasteiger charge is -2.03. The van der Waals surface area contributed by atoms with Crippen molar-refractivity contribution in [1.29, 1.82) is 0 Å². The standard InChI is InChI=1S/C17H13FN2O3/c1-11-15(10-22-17(21)13-6-8-19-9-7-13)20-23-16(11)12-2-4-14(18)5-3-12/h2-9H,10H2,1H3. The van der Waals surface area contributed by atoms with Gasteiger partial charge in [0.05, 0.1) is 5.56 Å². The highest BCUT2D eigenvalue weighted by Gasteiger charge is 2.16. The van der Waals surface area contributed by atoms with Gasteiger partial charge in [-0.15, -0.1) is 0 Å². The zero-order valence-corrected chi connectivity index (χ0v) is 12.3. The zero-order valence-electron chi connectivity index (χ0n) is 12.3. The minimum Gasteiger partial charge on any atom is -0.455 e. The summed E-state index contributed by atoms with van der Waals surface area (Å²) in [6.45, 7) is 1.81. The Kier molecular flexibility index (Phi) is 4.14. The second-order valence-electron chi connectivity index (χ2n) is 4.90. The number of esters is 1. The maximum Gasteiger partial charge on any atom is 0.338 e. The van der Waals surface area contributed by atoms with Crippen molar-refractivity contribution in [2.75, 3.05) is 0 Å². The fourth-order valence-electron chi connectivity index (χ4n) is 2.08. The van der Waals surface area contributed by atoms with E-state index in [-0.39, 0.29) is 12.4 Å². The number of pyridine rings is 1. The largest absolute Gasteiger partial charge is 0.455 e. The maximum absolute atomic E-state index is 13.0. The van der Waals surface area contributed by atoms with Gasteiger partial charge in [-0.1, -0.05) is 5.16 Å². The van der Waals surface area contributed by atoms with Crippen LogP contribution in [0, 0.1) is 12.7 Å². The molecule has 3 rings (SSSR count). The first-order valence-corrected chi connectivity index (χ1v) is 6.93. The number of carbonyl (C=O) groups excluding carboxylic acids is 1. The number of hydrogen-bond donors (Lipinski definition) is 0. The molecule has 0 unspecified atom stereocenters. The van der Waals surface area contributed by atoms with Crippen LogP contribution in [0.4, 0.5) is 4.39 Å². The maximum atomic E-state index is 13.0. The third kappa shape index (κ3) is 3.26. The van der Waals surface area contributed by atoms with E-state index in [1.54, 1.807) is 24.3 Å². The molecule has 0 saturated heterocycles. The molecule has 0 radical (unpaired) electrons. The van der Waals surface area contributed by atoms with Crippen LogP contribution in [0.2, 0.25) is 0 Å². The van der Waals surface area contributed by atoms with Crippen molar-refractivity contribution in [1.82, 2.24) is 10.1 Å². The van der Waals surface area contributed by atoms with Gasteiger partial charge in [0.25, 0.3) is 0 Å². The van der Waals surface area contributed by atoms with Crippen LogP contribution in [0.3, 0.4) is 0 Å². The Labute approximate surface area is 131 Å². The Morgan fingerprint density at radius 1 is 1.17 bits per heavy atom. The zero-order chi connectivity index (χ0) is 16.2. The molecule has 0 saturated carbocycles. The fourth-order valence-corrected chi connectivity index (χ4v) is 2.08. The summed E-state index contributed by atoms with van der Waals surface area (Å²) in [6, 6.07) is 9.05. The normalized spacial score (nSPS) is 10.5. The highest BCUT2D eigenvalue weighted by atomic mass is 19.1. The number of nitrogens with zero attached hydrogens (tertiary/aromatic N) is 2. The number of halogens is 1. The van der Waals surface area contributed by atoms with Gasteiger partial charge in [-0.25, -0.2) is 9.18 Å². The van der Waals surface area contributed by atoms with Crippen molar-refractivity contribution in [3.8, 4) is 11.3 Å². The molecule has 0 N–H and O–H groups in total. The first kappa shape index (κ1) is 14.9. The summed E-state index contributed by atoms with van der Waals surface area (Å²) in [5, 5.41) is 3.92. The molecule has 1 aromatic carbocycles. The Hall–Kier alpha value is -3.02. The Balaban J connectivity index is 1.72. The highest BCUT2D eigenvalue weighted by Crippen LogP contribution is 2.26. The van der Waals surface area contributed by atoms with Gasteiger partial charge in [0.2, 0.25) is 0 Å². The number of ether oxygens (including phenoxy) is 1. The van der Waals surface area contributed by atoms with Crippen LogP contribution in [0.15, 0.2) is 53.3 Å². The third-order valence-electron chi connectivity index (χ3n) is 3.38. The molecule has 2 heterocycles. The fraction of sp³-hybridized carbons (Fsp3) is 0.118. The van der Waals surface area contributed by atoms with E-state index in [1.807, 2.05) is 6.92 Å². The van der Waals surface area contributed by atoms with Crippen molar-refractivity contribution in [2.45, 2.75) is 13.5 Å². The number of hydrogen-bond acceptors (Lipinski definition) is 5. The van der Waals surface area contributed by atoms with E-state index in [4.69, 9.17) is 9.26 Å². The lowest BCUT2D eigenvalue weighted by Crippen LogP contribution is -2.06. The molecule has 2 aromatic heterocycles. The third-order valence-corrected chi connectivity index (χ3v) is 3.38. The molecule has 3 aromatic rings. The van der Waals surface area contributed by atoms with Crippen LogP contribution in [0.1, 0.15) is 21.6 Å². The SMILES string of the molecule is Cc1c(COC(=O)c2ccncc2)noc1-c1ccc(F)cc1. The minimum atomic E-state index is -0.460. The van der Waals surface area contributed by atoms with Crippen LogP contribution < -0.4 is 0 Å². The molecule has 116 valence electrons. The first-order valence-electron chi connectivity index (χ1n) is 6.93. The summed E-state index contributed by atoms with van der Waals surface area (Å²) in [5.74, 6) is -0.254. The van der Waals surface area contributed by atoms with Crippen molar-refractivity contribution in [3.63, 3.8) is 0 Å². The van der Waals surface area contributed by atoms with Crippen LogP contribution in [0.5, 0.6) is 0 Å². The molecule has 6 heteroatoms. The molecule has 0 spiro atoms. The summed E-state index contributed by atoms with van der Waals surface area (Å²) in [4.78, 5) is 15.7. The van der Waals surface area contributed by atoms with Gasteiger partial charge in [-0.3, -0.25) is 4.98 Å². The van der Waals surface area contributed by atoms with E-state index >= 15 is 0 Å². The average molecular weight is 312 g/mol. The van der Waals surface area contributed by atoms with Gasteiger partial charge in [-0.05, 0) is 43.3 Å². The van der Waals surface area contributed by atoms with Crippen LogP contribution in [0.25, 0.3) is 11.3 Å². The van der Waals surface area contributed by atoms with Gasteiger partial charge in [0, 0.05) is 23.5 Å². The molecule has 5 nitrogen and oxygen atoms in total.